The van der Waals surface area contributed by atoms with Crippen LogP contribution in [0.15, 0.2) is 24.5 Å². The number of aromatic nitrogens is 1. The second-order valence-corrected chi connectivity index (χ2v) is 4.43. The number of aliphatic hydroxyl groups is 1. The topological polar surface area (TPSA) is 45.5 Å². The molecule has 0 aromatic carbocycles. The summed E-state index contributed by atoms with van der Waals surface area (Å²) in [5.41, 5.74) is 0. The first-order chi connectivity index (χ1) is 7.72. The monoisotopic (exact) mass is 222 g/mol. The predicted octanol–water partition coefficient (Wildman–Crippen LogP) is 0.890. The minimum Gasteiger partial charge on any atom is -0.396 e. The molecule has 0 bridgehead atoms. The van der Waals surface area contributed by atoms with Gasteiger partial charge in [0.2, 0.25) is 5.91 Å². The van der Waals surface area contributed by atoms with E-state index in [1.807, 2.05) is 40.9 Å². The molecule has 1 aromatic rings. The highest BCUT2D eigenvalue weighted by molar-refractivity contribution is 5.80. The molecular formula is C12H18N2O2. The Labute approximate surface area is 95.5 Å². The Morgan fingerprint density at radius 2 is 2.19 bits per heavy atom. The Kier molecular flexibility index (Phi) is 3.29. The number of likely N-dealkylation sites (tertiary alicyclic amines) is 1. The number of nitrogens with zero attached hydrogens (tertiary/aromatic N) is 2. The van der Waals surface area contributed by atoms with Crippen molar-refractivity contribution in [1.82, 2.24) is 9.47 Å². The minimum atomic E-state index is -0.146. The zero-order valence-electron chi connectivity index (χ0n) is 9.54. The smallest absolute Gasteiger partial charge is 0.245 e. The van der Waals surface area contributed by atoms with Crippen molar-refractivity contribution in [2.45, 2.75) is 19.4 Å². The maximum atomic E-state index is 12.1. The summed E-state index contributed by atoms with van der Waals surface area (Å²) in [4.78, 5) is 14.0. The molecule has 2 rings (SSSR count). The van der Waals surface area contributed by atoms with Gasteiger partial charge in [0.25, 0.3) is 0 Å². The van der Waals surface area contributed by atoms with Gasteiger partial charge in [-0.05, 0) is 25.5 Å². The molecule has 4 nitrogen and oxygen atoms in total. The lowest BCUT2D eigenvalue weighted by Crippen LogP contribution is -2.34. The molecule has 0 spiro atoms. The number of hydrogen-bond acceptors (Lipinski definition) is 2. The van der Waals surface area contributed by atoms with Crippen LogP contribution in [0.5, 0.6) is 0 Å². The maximum absolute atomic E-state index is 12.1. The van der Waals surface area contributed by atoms with Gasteiger partial charge in [-0.3, -0.25) is 4.79 Å². The molecule has 0 radical (unpaired) electrons. The van der Waals surface area contributed by atoms with Crippen LogP contribution in [0, 0.1) is 5.92 Å². The van der Waals surface area contributed by atoms with Gasteiger partial charge in [-0.15, -0.1) is 0 Å². The summed E-state index contributed by atoms with van der Waals surface area (Å²) in [7, 11) is 0. The Hall–Kier alpha value is -1.29. The summed E-state index contributed by atoms with van der Waals surface area (Å²) < 4.78 is 1.91. The summed E-state index contributed by atoms with van der Waals surface area (Å²) in [5.74, 6) is 0.410. The summed E-state index contributed by atoms with van der Waals surface area (Å²) in [6.07, 6.45) is 4.73. The SMILES string of the molecule is CC(C(=O)N1CCC(CO)C1)n1cccc1. The normalized spacial score (nSPS) is 22.4. The van der Waals surface area contributed by atoms with Gasteiger partial charge in [-0.2, -0.15) is 0 Å². The molecule has 1 aromatic heterocycles. The van der Waals surface area contributed by atoms with Crippen LogP contribution in [0.4, 0.5) is 0 Å². The molecule has 4 heteroatoms. The average molecular weight is 222 g/mol. The van der Waals surface area contributed by atoms with Crippen molar-refractivity contribution in [3.63, 3.8) is 0 Å². The van der Waals surface area contributed by atoms with E-state index in [2.05, 4.69) is 0 Å². The molecule has 1 N–H and O–H groups in total. The van der Waals surface area contributed by atoms with Gasteiger partial charge < -0.3 is 14.6 Å². The fraction of sp³-hybridized carbons (Fsp3) is 0.583. The van der Waals surface area contributed by atoms with Crippen molar-refractivity contribution < 1.29 is 9.90 Å². The van der Waals surface area contributed by atoms with E-state index in [-0.39, 0.29) is 24.5 Å². The van der Waals surface area contributed by atoms with Gasteiger partial charge in [-0.1, -0.05) is 0 Å². The number of amides is 1. The molecule has 0 saturated carbocycles. The summed E-state index contributed by atoms with van der Waals surface area (Å²) in [5, 5.41) is 9.04. The van der Waals surface area contributed by atoms with Crippen LogP contribution in [-0.2, 0) is 4.79 Å². The molecule has 1 aliphatic heterocycles. The zero-order valence-corrected chi connectivity index (χ0v) is 9.54. The number of carbonyl (C=O) groups excluding carboxylic acids is 1. The molecule has 1 saturated heterocycles. The predicted molar refractivity (Wildman–Crippen MR) is 60.9 cm³/mol. The molecule has 2 unspecified atom stereocenters. The Morgan fingerprint density at radius 1 is 1.50 bits per heavy atom. The fourth-order valence-corrected chi connectivity index (χ4v) is 2.18. The largest absolute Gasteiger partial charge is 0.396 e. The molecular weight excluding hydrogens is 204 g/mol. The number of carbonyl (C=O) groups is 1. The summed E-state index contributed by atoms with van der Waals surface area (Å²) in [6, 6.07) is 3.70. The van der Waals surface area contributed by atoms with Gasteiger partial charge in [0.05, 0.1) is 0 Å². The van der Waals surface area contributed by atoms with Crippen LogP contribution in [0.3, 0.4) is 0 Å². The first kappa shape index (κ1) is 11.2. The van der Waals surface area contributed by atoms with Crippen molar-refractivity contribution in [2.24, 2.45) is 5.92 Å². The second kappa shape index (κ2) is 4.70. The highest BCUT2D eigenvalue weighted by atomic mass is 16.3. The first-order valence-electron chi connectivity index (χ1n) is 5.74. The Balaban J connectivity index is 1.98. The molecule has 1 amide bonds. The molecule has 1 aliphatic rings. The average Bonchev–Trinajstić information content (AvgIpc) is 2.97. The third kappa shape index (κ3) is 2.11. The van der Waals surface area contributed by atoms with Crippen molar-refractivity contribution in [3.8, 4) is 0 Å². The van der Waals surface area contributed by atoms with Crippen molar-refractivity contribution in [1.29, 1.82) is 0 Å². The molecule has 2 heterocycles. The number of hydrogen-bond donors (Lipinski definition) is 1. The molecule has 0 aliphatic carbocycles. The fourth-order valence-electron chi connectivity index (χ4n) is 2.18. The Morgan fingerprint density at radius 3 is 2.75 bits per heavy atom. The van der Waals surface area contributed by atoms with E-state index in [1.54, 1.807) is 0 Å². The standard InChI is InChI=1S/C12H18N2O2/c1-10(13-5-2-3-6-13)12(16)14-7-4-11(8-14)9-15/h2-3,5-6,10-11,15H,4,7-9H2,1H3. The van der Waals surface area contributed by atoms with E-state index in [0.717, 1.165) is 13.0 Å². The van der Waals surface area contributed by atoms with Gasteiger partial charge in [0.1, 0.15) is 6.04 Å². The van der Waals surface area contributed by atoms with E-state index in [9.17, 15) is 4.79 Å². The van der Waals surface area contributed by atoms with Crippen LogP contribution in [0.2, 0.25) is 0 Å². The van der Waals surface area contributed by atoms with E-state index in [1.165, 1.54) is 0 Å². The van der Waals surface area contributed by atoms with Crippen LogP contribution in [0.1, 0.15) is 19.4 Å². The number of aliphatic hydroxyl groups excluding tert-OH is 1. The zero-order chi connectivity index (χ0) is 11.5. The highest BCUT2D eigenvalue weighted by Crippen LogP contribution is 2.19. The van der Waals surface area contributed by atoms with Gasteiger partial charge in [-0.25, -0.2) is 0 Å². The van der Waals surface area contributed by atoms with Crippen LogP contribution < -0.4 is 0 Å². The summed E-state index contributed by atoms with van der Waals surface area (Å²) in [6.45, 7) is 3.56. The van der Waals surface area contributed by atoms with Gasteiger partial charge >= 0.3 is 0 Å². The maximum Gasteiger partial charge on any atom is 0.245 e. The van der Waals surface area contributed by atoms with Crippen molar-refractivity contribution in [2.75, 3.05) is 19.7 Å². The number of rotatable bonds is 3. The molecule has 1 fully saturated rings. The second-order valence-electron chi connectivity index (χ2n) is 4.43. The molecule has 16 heavy (non-hydrogen) atoms. The Bertz CT molecular complexity index is 348. The minimum absolute atomic E-state index is 0.146. The van der Waals surface area contributed by atoms with E-state index < -0.39 is 0 Å². The van der Waals surface area contributed by atoms with Gasteiger partial charge in [0.15, 0.2) is 0 Å². The van der Waals surface area contributed by atoms with Gasteiger partial charge in [0, 0.05) is 38.0 Å². The van der Waals surface area contributed by atoms with Crippen molar-refractivity contribution in [3.05, 3.63) is 24.5 Å². The van der Waals surface area contributed by atoms with E-state index in [0.29, 0.717) is 6.54 Å². The van der Waals surface area contributed by atoms with Crippen LogP contribution in [-0.4, -0.2) is 40.2 Å². The third-order valence-electron chi connectivity index (χ3n) is 3.29. The molecule has 2 atom stereocenters. The first-order valence-corrected chi connectivity index (χ1v) is 5.74. The van der Waals surface area contributed by atoms with E-state index in [4.69, 9.17) is 5.11 Å². The highest BCUT2D eigenvalue weighted by Gasteiger charge is 2.28. The molecule has 88 valence electrons. The quantitative estimate of drug-likeness (QED) is 0.825. The summed E-state index contributed by atoms with van der Waals surface area (Å²) >= 11 is 0. The van der Waals surface area contributed by atoms with Crippen LogP contribution in [0.25, 0.3) is 0 Å². The van der Waals surface area contributed by atoms with E-state index >= 15 is 0 Å². The lowest BCUT2D eigenvalue weighted by atomic mass is 10.1. The van der Waals surface area contributed by atoms with Crippen molar-refractivity contribution >= 4 is 5.91 Å². The lowest BCUT2D eigenvalue weighted by molar-refractivity contribution is -0.133. The lowest BCUT2D eigenvalue weighted by Gasteiger charge is -2.21. The third-order valence-corrected chi connectivity index (χ3v) is 3.29. The van der Waals surface area contributed by atoms with Crippen LogP contribution >= 0.6 is 0 Å².